The van der Waals surface area contributed by atoms with Crippen LogP contribution in [0.5, 0.6) is 0 Å². The topological polar surface area (TPSA) is 96.9 Å². The van der Waals surface area contributed by atoms with Crippen molar-refractivity contribution in [1.82, 2.24) is 20.2 Å². The van der Waals surface area contributed by atoms with E-state index in [1.165, 1.54) is 12.8 Å². The quantitative estimate of drug-likeness (QED) is 0.854. The molecule has 1 saturated heterocycles. The van der Waals surface area contributed by atoms with Crippen LogP contribution in [0.15, 0.2) is 10.8 Å². The molecule has 2 aromatic heterocycles. The molecule has 7 nitrogen and oxygen atoms in total. The van der Waals surface area contributed by atoms with E-state index in [0.717, 1.165) is 31.7 Å². The van der Waals surface area contributed by atoms with Gasteiger partial charge in [-0.05, 0) is 32.2 Å². The lowest BCUT2D eigenvalue weighted by Gasteiger charge is -2.31. The Morgan fingerprint density at radius 3 is 3.21 bits per heavy atom. The molecule has 0 saturated carbocycles. The first-order valence-electron chi connectivity index (χ1n) is 6.56. The molecule has 1 atom stereocenters. The Morgan fingerprint density at radius 1 is 1.58 bits per heavy atom. The summed E-state index contributed by atoms with van der Waals surface area (Å²) < 4.78 is 5.31. The molecule has 19 heavy (non-hydrogen) atoms. The number of nitrogens with one attached hydrogen (secondary N) is 1. The molecule has 7 heteroatoms. The second-order valence-electron chi connectivity index (χ2n) is 4.94. The molecule has 3 heterocycles. The fraction of sp³-hybridized carbons (Fsp3) is 0.583. The fourth-order valence-corrected chi connectivity index (χ4v) is 2.46. The maximum Gasteiger partial charge on any atom is 0.245 e. The molecule has 0 aliphatic carbocycles. The van der Waals surface area contributed by atoms with Crippen LogP contribution in [0.2, 0.25) is 0 Å². The molecule has 1 aliphatic rings. The van der Waals surface area contributed by atoms with E-state index in [4.69, 9.17) is 10.2 Å². The van der Waals surface area contributed by atoms with Crippen LogP contribution in [0.3, 0.4) is 0 Å². The van der Waals surface area contributed by atoms with Crippen LogP contribution in [-0.2, 0) is 0 Å². The minimum Gasteiger partial charge on any atom is -0.440 e. The normalized spacial score (nSPS) is 19.9. The zero-order valence-electron chi connectivity index (χ0n) is 11.0. The van der Waals surface area contributed by atoms with E-state index in [9.17, 15) is 0 Å². The summed E-state index contributed by atoms with van der Waals surface area (Å²) in [7, 11) is 0. The van der Waals surface area contributed by atoms with Gasteiger partial charge >= 0.3 is 0 Å². The van der Waals surface area contributed by atoms with Crippen LogP contribution in [0, 0.1) is 12.8 Å². The largest absolute Gasteiger partial charge is 0.440 e. The van der Waals surface area contributed by atoms with E-state index in [2.05, 4.69) is 25.1 Å². The highest BCUT2D eigenvalue weighted by atomic mass is 16.3. The number of H-pyrrole nitrogens is 1. The number of oxazole rings is 1. The fourth-order valence-electron chi connectivity index (χ4n) is 2.46. The first-order valence-corrected chi connectivity index (χ1v) is 6.56. The van der Waals surface area contributed by atoms with Gasteiger partial charge in [0, 0.05) is 13.1 Å². The molecule has 3 N–H and O–H groups in total. The predicted molar refractivity (Wildman–Crippen MR) is 70.6 cm³/mol. The van der Waals surface area contributed by atoms with Gasteiger partial charge in [0.25, 0.3) is 0 Å². The minimum absolute atomic E-state index is 0.530. The van der Waals surface area contributed by atoms with Crippen molar-refractivity contribution in [1.29, 1.82) is 0 Å². The Labute approximate surface area is 111 Å². The first kappa shape index (κ1) is 12.2. The molecule has 0 radical (unpaired) electrons. The zero-order valence-corrected chi connectivity index (χ0v) is 11.0. The van der Waals surface area contributed by atoms with Crippen molar-refractivity contribution in [3.8, 4) is 11.6 Å². The molecule has 0 spiro atoms. The van der Waals surface area contributed by atoms with E-state index >= 15 is 0 Å². The minimum atomic E-state index is 0.530. The monoisotopic (exact) mass is 262 g/mol. The molecular weight excluding hydrogens is 244 g/mol. The maximum atomic E-state index is 5.75. The zero-order chi connectivity index (χ0) is 13.2. The number of hydrogen-bond donors (Lipinski definition) is 2. The Morgan fingerprint density at radius 2 is 2.47 bits per heavy atom. The highest BCUT2D eigenvalue weighted by Gasteiger charge is 2.22. The molecule has 0 amide bonds. The highest BCUT2D eigenvalue weighted by molar-refractivity contribution is 5.51. The maximum absolute atomic E-state index is 5.75. The number of aryl methyl sites for hydroxylation is 1. The number of nitrogens with zero attached hydrogens (tertiary/aromatic N) is 4. The van der Waals surface area contributed by atoms with Crippen molar-refractivity contribution in [2.45, 2.75) is 19.8 Å². The van der Waals surface area contributed by atoms with Gasteiger partial charge < -0.3 is 15.1 Å². The molecule has 3 rings (SSSR count). The predicted octanol–water partition coefficient (Wildman–Crippen LogP) is 0.943. The smallest absolute Gasteiger partial charge is 0.245 e. The van der Waals surface area contributed by atoms with Crippen LogP contribution in [0.1, 0.15) is 18.5 Å². The number of aromatic amines is 1. The molecular formula is C12H18N6O. The summed E-state index contributed by atoms with van der Waals surface area (Å²) in [4.78, 5) is 10.7. The number of hydrogen-bond acceptors (Lipinski definition) is 6. The Kier molecular flexibility index (Phi) is 3.20. The third-order valence-corrected chi connectivity index (χ3v) is 3.57. The van der Waals surface area contributed by atoms with Crippen LogP contribution >= 0.6 is 0 Å². The van der Waals surface area contributed by atoms with Crippen LogP contribution in [0.4, 0.5) is 5.95 Å². The van der Waals surface area contributed by atoms with Gasteiger partial charge in [0.05, 0.1) is 5.69 Å². The lowest BCUT2D eigenvalue weighted by Crippen LogP contribution is -2.38. The van der Waals surface area contributed by atoms with E-state index in [1.807, 2.05) is 6.92 Å². The van der Waals surface area contributed by atoms with Crippen LogP contribution in [-0.4, -0.2) is 39.8 Å². The number of piperidine rings is 1. The summed E-state index contributed by atoms with van der Waals surface area (Å²) in [5.74, 6) is 2.51. The van der Waals surface area contributed by atoms with Gasteiger partial charge in [-0.1, -0.05) is 0 Å². The second-order valence-corrected chi connectivity index (χ2v) is 4.94. The van der Waals surface area contributed by atoms with E-state index < -0.39 is 0 Å². The van der Waals surface area contributed by atoms with Crippen LogP contribution in [0.25, 0.3) is 11.6 Å². The first-order chi connectivity index (χ1) is 9.28. The Bertz CT molecular complexity index is 548. The second kappa shape index (κ2) is 5.00. The molecule has 0 aromatic carbocycles. The van der Waals surface area contributed by atoms with Gasteiger partial charge in [-0.3, -0.25) is 5.10 Å². The van der Waals surface area contributed by atoms with Gasteiger partial charge in [0.2, 0.25) is 5.95 Å². The summed E-state index contributed by atoms with van der Waals surface area (Å²) >= 11 is 0. The van der Waals surface area contributed by atoms with E-state index in [-0.39, 0.29) is 0 Å². The molecule has 2 aromatic rings. The summed E-state index contributed by atoms with van der Waals surface area (Å²) in [6.07, 6.45) is 3.73. The SMILES string of the molecule is Cc1ncoc1-c1nc(N2CCCC(CN)C2)n[nH]1. The average Bonchev–Trinajstić information content (AvgIpc) is 3.07. The number of nitrogens with two attached hydrogens (primary N) is 1. The van der Waals surface area contributed by atoms with Crippen molar-refractivity contribution in [3.63, 3.8) is 0 Å². The van der Waals surface area contributed by atoms with E-state index in [1.54, 1.807) is 0 Å². The van der Waals surface area contributed by atoms with Crippen molar-refractivity contribution in [2.75, 3.05) is 24.5 Å². The van der Waals surface area contributed by atoms with Crippen LogP contribution < -0.4 is 10.6 Å². The third-order valence-electron chi connectivity index (χ3n) is 3.57. The Hall–Kier alpha value is -1.89. The van der Waals surface area contributed by atoms with Gasteiger partial charge in [-0.15, -0.1) is 5.10 Å². The standard InChI is InChI=1S/C12H18N6O/c1-8-10(19-7-14-8)11-15-12(17-16-11)18-4-2-3-9(5-13)6-18/h7,9H,2-6,13H2,1H3,(H,15,16,17). The summed E-state index contributed by atoms with van der Waals surface area (Å²) in [5.41, 5.74) is 6.55. The summed E-state index contributed by atoms with van der Waals surface area (Å²) in [5, 5.41) is 7.18. The average molecular weight is 262 g/mol. The van der Waals surface area contributed by atoms with Gasteiger partial charge in [-0.25, -0.2) is 4.98 Å². The number of aromatic nitrogens is 4. The Balaban J connectivity index is 1.79. The van der Waals surface area contributed by atoms with Gasteiger partial charge in [0.1, 0.15) is 0 Å². The van der Waals surface area contributed by atoms with E-state index in [0.29, 0.717) is 23.5 Å². The molecule has 1 unspecified atom stereocenters. The molecule has 1 fully saturated rings. The number of rotatable bonds is 3. The third kappa shape index (κ3) is 2.33. The van der Waals surface area contributed by atoms with Crippen molar-refractivity contribution in [2.24, 2.45) is 11.7 Å². The lowest BCUT2D eigenvalue weighted by atomic mass is 9.99. The summed E-state index contributed by atoms with van der Waals surface area (Å²) in [6, 6.07) is 0. The van der Waals surface area contributed by atoms with Crippen molar-refractivity contribution in [3.05, 3.63) is 12.1 Å². The molecule has 0 bridgehead atoms. The lowest BCUT2D eigenvalue weighted by molar-refractivity contribution is 0.420. The van der Waals surface area contributed by atoms with Crippen molar-refractivity contribution >= 4 is 5.95 Å². The summed E-state index contributed by atoms with van der Waals surface area (Å²) in [6.45, 7) is 4.49. The van der Waals surface area contributed by atoms with Crippen molar-refractivity contribution < 1.29 is 4.42 Å². The van der Waals surface area contributed by atoms with Gasteiger partial charge in [-0.2, -0.15) is 4.98 Å². The number of anilines is 1. The molecule has 1 aliphatic heterocycles. The highest BCUT2D eigenvalue weighted by Crippen LogP contribution is 2.23. The molecule has 102 valence electrons. The van der Waals surface area contributed by atoms with Gasteiger partial charge in [0.15, 0.2) is 18.0 Å².